The number of amides is 1. The Morgan fingerprint density at radius 2 is 1.58 bits per heavy atom. The maximum atomic E-state index is 12.9. The standard InChI is InChI=1S/C20H21ClN4O5S/c1-23(12-18(26)22-11-13-4-6-14(21)7-5-13)31(29,30)15-8-9-16-17(10-15)25(3)20(28)19(27)24(16)2/h4-10H,11-12H2,1-3H3,(H,22,26). The lowest BCUT2D eigenvalue weighted by Gasteiger charge is -2.18. The van der Waals surface area contributed by atoms with Crippen LogP contribution in [0.2, 0.25) is 5.02 Å². The van der Waals surface area contributed by atoms with Crippen molar-refractivity contribution in [3.05, 3.63) is 73.8 Å². The molecule has 1 amide bonds. The molecule has 0 saturated heterocycles. The molecular formula is C20H21ClN4O5S. The second-order valence-corrected chi connectivity index (χ2v) is 9.52. The number of likely N-dealkylation sites (N-methyl/N-ethyl adjacent to an activating group) is 1. The number of nitrogens with zero attached hydrogens (tertiary/aromatic N) is 3. The molecule has 0 spiro atoms. The molecule has 2 aromatic carbocycles. The Labute approximate surface area is 183 Å². The van der Waals surface area contributed by atoms with Gasteiger partial charge in [-0.15, -0.1) is 0 Å². The highest BCUT2D eigenvalue weighted by Crippen LogP contribution is 2.19. The second-order valence-electron chi connectivity index (χ2n) is 7.04. The number of carbonyl (C=O) groups is 1. The number of hydrogen-bond donors (Lipinski definition) is 1. The lowest BCUT2D eigenvalue weighted by Crippen LogP contribution is -2.39. The SMILES string of the molecule is CN(CC(=O)NCc1ccc(Cl)cc1)S(=O)(=O)c1ccc2c(c1)n(C)c(=O)c(=O)n2C. The lowest BCUT2D eigenvalue weighted by molar-refractivity contribution is -0.121. The van der Waals surface area contributed by atoms with E-state index in [2.05, 4.69) is 5.32 Å². The molecule has 9 nitrogen and oxygen atoms in total. The highest BCUT2D eigenvalue weighted by molar-refractivity contribution is 7.89. The molecule has 1 heterocycles. The van der Waals surface area contributed by atoms with Crippen molar-refractivity contribution >= 4 is 38.6 Å². The average molecular weight is 465 g/mol. The van der Waals surface area contributed by atoms with Crippen LogP contribution in [0.1, 0.15) is 5.56 Å². The number of nitrogens with one attached hydrogen (secondary N) is 1. The van der Waals surface area contributed by atoms with Gasteiger partial charge in [0.2, 0.25) is 15.9 Å². The Hall–Kier alpha value is -2.95. The molecule has 11 heteroatoms. The van der Waals surface area contributed by atoms with Crippen molar-refractivity contribution in [3.8, 4) is 0 Å². The van der Waals surface area contributed by atoms with Crippen molar-refractivity contribution in [2.45, 2.75) is 11.4 Å². The molecule has 0 unspecified atom stereocenters. The Balaban J connectivity index is 1.81. The predicted molar refractivity (Wildman–Crippen MR) is 118 cm³/mol. The average Bonchev–Trinajstić information content (AvgIpc) is 2.75. The highest BCUT2D eigenvalue weighted by atomic mass is 35.5. The van der Waals surface area contributed by atoms with E-state index >= 15 is 0 Å². The molecule has 3 rings (SSSR count). The van der Waals surface area contributed by atoms with Gasteiger partial charge in [0, 0.05) is 32.7 Å². The van der Waals surface area contributed by atoms with Crippen LogP contribution in [-0.2, 0) is 35.5 Å². The maximum Gasteiger partial charge on any atom is 0.316 e. The molecule has 1 aromatic heterocycles. The van der Waals surface area contributed by atoms with E-state index in [0.29, 0.717) is 10.5 Å². The number of rotatable bonds is 6. The number of sulfonamides is 1. The lowest BCUT2D eigenvalue weighted by atomic mass is 10.2. The molecule has 1 N–H and O–H groups in total. The van der Waals surface area contributed by atoms with Crippen molar-refractivity contribution in [1.29, 1.82) is 0 Å². The fraction of sp³-hybridized carbons (Fsp3) is 0.250. The first kappa shape index (κ1) is 22.7. The van der Waals surface area contributed by atoms with Crippen LogP contribution in [-0.4, -0.2) is 41.4 Å². The third-order valence-corrected chi connectivity index (χ3v) is 6.99. The van der Waals surface area contributed by atoms with Crippen LogP contribution in [0.5, 0.6) is 0 Å². The van der Waals surface area contributed by atoms with Gasteiger partial charge < -0.3 is 14.5 Å². The van der Waals surface area contributed by atoms with Gasteiger partial charge in [-0.3, -0.25) is 14.4 Å². The summed E-state index contributed by atoms with van der Waals surface area (Å²) in [5, 5.41) is 3.24. The van der Waals surface area contributed by atoms with E-state index in [0.717, 1.165) is 14.4 Å². The van der Waals surface area contributed by atoms with E-state index in [1.54, 1.807) is 24.3 Å². The van der Waals surface area contributed by atoms with E-state index < -0.39 is 27.0 Å². The fourth-order valence-corrected chi connectivity index (χ4v) is 4.32. The Morgan fingerprint density at radius 3 is 2.19 bits per heavy atom. The Bertz CT molecular complexity index is 1380. The number of halogens is 1. The van der Waals surface area contributed by atoms with Crippen molar-refractivity contribution in [2.24, 2.45) is 14.1 Å². The maximum absolute atomic E-state index is 12.9. The van der Waals surface area contributed by atoms with Gasteiger partial charge in [-0.05, 0) is 35.9 Å². The molecule has 0 aliphatic carbocycles. The molecule has 0 aliphatic heterocycles. The first-order valence-corrected chi connectivity index (χ1v) is 11.0. The zero-order valence-electron chi connectivity index (χ0n) is 17.1. The van der Waals surface area contributed by atoms with Crippen LogP contribution in [0.15, 0.2) is 56.9 Å². The number of hydrogen-bond acceptors (Lipinski definition) is 5. The van der Waals surface area contributed by atoms with Crippen LogP contribution >= 0.6 is 11.6 Å². The quantitative estimate of drug-likeness (QED) is 0.543. The molecular weight excluding hydrogens is 444 g/mol. The Morgan fingerprint density at radius 1 is 1.00 bits per heavy atom. The highest BCUT2D eigenvalue weighted by Gasteiger charge is 2.24. The summed E-state index contributed by atoms with van der Waals surface area (Å²) in [7, 11) is 0.120. The van der Waals surface area contributed by atoms with Gasteiger partial charge in [0.1, 0.15) is 0 Å². The largest absolute Gasteiger partial charge is 0.351 e. The number of aromatic nitrogens is 2. The van der Waals surface area contributed by atoms with Crippen LogP contribution in [0.25, 0.3) is 11.0 Å². The van der Waals surface area contributed by atoms with Gasteiger partial charge in [-0.2, -0.15) is 4.31 Å². The van der Waals surface area contributed by atoms with Crippen LogP contribution in [0.4, 0.5) is 0 Å². The molecule has 0 fully saturated rings. The number of aryl methyl sites for hydroxylation is 2. The van der Waals surface area contributed by atoms with Crippen molar-refractivity contribution < 1.29 is 13.2 Å². The summed E-state index contributed by atoms with van der Waals surface area (Å²) in [4.78, 5) is 36.2. The summed E-state index contributed by atoms with van der Waals surface area (Å²) < 4.78 is 29.1. The van der Waals surface area contributed by atoms with Crippen LogP contribution < -0.4 is 16.4 Å². The molecule has 0 saturated carbocycles. The third kappa shape index (κ3) is 4.55. The number of carbonyl (C=O) groups excluding carboxylic acids is 1. The van der Waals surface area contributed by atoms with Gasteiger partial charge in [0.15, 0.2) is 0 Å². The van der Waals surface area contributed by atoms with Crippen molar-refractivity contribution in [1.82, 2.24) is 18.8 Å². The normalized spacial score (nSPS) is 11.8. The molecule has 3 aromatic rings. The first-order chi connectivity index (χ1) is 14.5. The van der Waals surface area contributed by atoms with E-state index in [9.17, 15) is 22.8 Å². The Kier molecular flexibility index (Phi) is 6.35. The predicted octanol–water partition coefficient (Wildman–Crippen LogP) is 0.827. The topological polar surface area (TPSA) is 110 Å². The molecule has 0 radical (unpaired) electrons. The summed E-state index contributed by atoms with van der Waals surface area (Å²) in [6, 6.07) is 11.0. The zero-order chi connectivity index (χ0) is 22.9. The minimum Gasteiger partial charge on any atom is -0.351 e. The van der Waals surface area contributed by atoms with Crippen LogP contribution in [0, 0.1) is 0 Å². The number of benzene rings is 2. The minimum atomic E-state index is -4.01. The van der Waals surface area contributed by atoms with E-state index in [-0.39, 0.29) is 23.5 Å². The van der Waals surface area contributed by atoms with E-state index in [1.165, 1.54) is 43.9 Å². The summed E-state index contributed by atoms with van der Waals surface area (Å²) in [6.45, 7) is -0.157. The summed E-state index contributed by atoms with van der Waals surface area (Å²) >= 11 is 5.83. The van der Waals surface area contributed by atoms with Gasteiger partial charge in [0.05, 0.1) is 22.5 Å². The van der Waals surface area contributed by atoms with Crippen molar-refractivity contribution in [2.75, 3.05) is 13.6 Å². The smallest absolute Gasteiger partial charge is 0.316 e. The summed E-state index contributed by atoms with van der Waals surface area (Å²) in [5.74, 6) is -0.475. The zero-order valence-corrected chi connectivity index (χ0v) is 18.7. The first-order valence-electron chi connectivity index (χ1n) is 9.19. The van der Waals surface area contributed by atoms with Gasteiger partial charge in [0.25, 0.3) is 0 Å². The third-order valence-electron chi connectivity index (χ3n) is 4.94. The molecule has 31 heavy (non-hydrogen) atoms. The number of fused-ring (bicyclic) bond motifs is 1. The van der Waals surface area contributed by atoms with Gasteiger partial charge >= 0.3 is 11.1 Å². The van der Waals surface area contributed by atoms with Gasteiger partial charge in [-0.25, -0.2) is 8.42 Å². The summed E-state index contributed by atoms with van der Waals surface area (Å²) in [5.41, 5.74) is 0.0482. The van der Waals surface area contributed by atoms with Gasteiger partial charge in [-0.1, -0.05) is 23.7 Å². The van der Waals surface area contributed by atoms with E-state index in [1.807, 2.05) is 0 Å². The van der Waals surface area contributed by atoms with Crippen LogP contribution in [0.3, 0.4) is 0 Å². The fourth-order valence-electron chi connectivity index (χ4n) is 3.05. The minimum absolute atomic E-state index is 0.0957. The monoisotopic (exact) mass is 464 g/mol. The summed E-state index contributed by atoms with van der Waals surface area (Å²) in [6.07, 6.45) is 0. The molecule has 0 atom stereocenters. The van der Waals surface area contributed by atoms with Crippen molar-refractivity contribution in [3.63, 3.8) is 0 Å². The second kappa shape index (κ2) is 8.66. The molecule has 0 aliphatic rings. The molecule has 0 bridgehead atoms. The van der Waals surface area contributed by atoms with E-state index in [4.69, 9.17) is 11.6 Å². The molecule has 164 valence electrons.